The summed E-state index contributed by atoms with van der Waals surface area (Å²) in [6, 6.07) is 6.01. The number of fused-ring (bicyclic) bond motifs is 1. The number of benzene rings is 1. The summed E-state index contributed by atoms with van der Waals surface area (Å²) in [5, 5.41) is 9.42. The van der Waals surface area contributed by atoms with Gasteiger partial charge in [0.15, 0.2) is 0 Å². The van der Waals surface area contributed by atoms with Crippen molar-refractivity contribution in [3.8, 4) is 0 Å². The number of nitrogens with one attached hydrogen (secondary N) is 2. The summed E-state index contributed by atoms with van der Waals surface area (Å²) in [5.41, 5.74) is 4.38. The second kappa shape index (κ2) is 6.37. The second-order valence-electron chi connectivity index (χ2n) is 5.27. The molecule has 0 bridgehead atoms. The Balaban J connectivity index is 1.57. The summed E-state index contributed by atoms with van der Waals surface area (Å²) in [5.74, 6) is -0.00433. The van der Waals surface area contributed by atoms with Crippen molar-refractivity contribution >= 4 is 17.2 Å². The highest BCUT2D eigenvalue weighted by molar-refractivity contribution is 7.09. The molecule has 0 aliphatic carbocycles. The number of hydrogen-bond donors (Lipinski definition) is 2. The van der Waals surface area contributed by atoms with E-state index in [0.29, 0.717) is 6.54 Å². The smallest absolute Gasteiger partial charge is 0.251 e. The highest BCUT2D eigenvalue weighted by Crippen LogP contribution is 2.16. The van der Waals surface area contributed by atoms with Gasteiger partial charge in [0.05, 0.1) is 10.7 Å². The van der Waals surface area contributed by atoms with E-state index in [1.54, 1.807) is 11.3 Å². The number of aromatic nitrogens is 1. The number of rotatable bonds is 4. The van der Waals surface area contributed by atoms with Gasteiger partial charge < -0.3 is 10.6 Å². The van der Waals surface area contributed by atoms with Crippen LogP contribution in [-0.2, 0) is 19.4 Å². The van der Waals surface area contributed by atoms with Crippen molar-refractivity contribution in [3.05, 3.63) is 51.0 Å². The Morgan fingerprint density at radius 3 is 3.14 bits per heavy atom. The molecule has 4 nitrogen and oxygen atoms in total. The molecule has 21 heavy (non-hydrogen) atoms. The molecule has 0 saturated carbocycles. The van der Waals surface area contributed by atoms with E-state index in [2.05, 4.69) is 21.7 Å². The Labute approximate surface area is 128 Å². The summed E-state index contributed by atoms with van der Waals surface area (Å²) < 4.78 is 0. The Hall–Kier alpha value is -1.72. The van der Waals surface area contributed by atoms with E-state index in [4.69, 9.17) is 0 Å². The SMILES string of the molecule is Cc1nc(CCNC(=O)c2ccc3c(c2)CNCC3)cs1. The standard InChI is InChI=1S/C16H19N3OS/c1-11-19-15(10-21-11)5-7-18-16(20)13-3-2-12-4-6-17-9-14(12)8-13/h2-3,8,10,17H,4-7,9H2,1H3,(H,18,20). The van der Waals surface area contributed by atoms with Crippen LogP contribution in [0.1, 0.15) is 32.2 Å². The number of aryl methyl sites for hydroxylation is 1. The monoisotopic (exact) mass is 301 g/mol. The summed E-state index contributed by atoms with van der Waals surface area (Å²) in [7, 11) is 0. The molecule has 1 aliphatic rings. The van der Waals surface area contributed by atoms with E-state index in [-0.39, 0.29) is 5.91 Å². The van der Waals surface area contributed by atoms with Crippen molar-refractivity contribution in [2.24, 2.45) is 0 Å². The van der Waals surface area contributed by atoms with Crippen LogP contribution in [0.3, 0.4) is 0 Å². The zero-order valence-corrected chi connectivity index (χ0v) is 12.9. The molecule has 0 unspecified atom stereocenters. The average molecular weight is 301 g/mol. The molecule has 1 aliphatic heterocycles. The maximum Gasteiger partial charge on any atom is 0.251 e. The molecule has 0 spiro atoms. The quantitative estimate of drug-likeness (QED) is 0.909. The van der Waals surface area contributed by atoms with Gasteiger partial charge in [0.2, 0.25) is 0 Å². The Bertz CT molecular complexity index is 651. The fourth-order valence-electron chi connectivity index (χ4n) is 2.55. The summed E-state index contributed by atoms with van der Waals surface area (Å²) in [6.45, 7) is 4.49. The van der Waals surface area contributed by atoms with E-state index in [1.807, 2.05) is 24.4 Å². The van der Waals surface area contributed by atoms with Crippen molar-refractivity contribution in [1.82, 2.24) is 15.6 Å². The van der Waals surface area contributed by atoms with Gasteiger partial charge in [0.25, 0.3) is 5.91 Å². The molecule has 1 amide bonds. The Morgan fingerprint density at radius 2 is 2.33 bits per heavy atom. The third kappa shape index (κ3) is 3.49. The normalized spacial score (nSPS) is 13.8. The molecular weight excluding hydrogens is 282 g/mol. The number of nitrogens with zero attached hydrogens (tertiary/aromatic N) is 1. The number of amides is 1. The zero-order valence-electron chi connectivity index (χ0n) is 12.1. The third-order valence-corrected chi connectivity index (χ3v) is 4.51. The molecule has 2 N–H and O–H groups in total. The topological polar surface area (TPSA) is 54.0 Å². The van der Waals surface area contributed by atoms with Crippen LogP contribution in [0.25, 0.3) is 0 Å². The molecule has 1 aromatic carbocycles. The molecule has 0 saturated heterocycles. The zero-order chi connectivity index (χ0) is 14.7. The molecule has 3 rings (SSSR count). The van der Waals surface area contributed by atoms with Gasteiger partial charge in [0, 0.05) is 30.5 Å². The average Bonchev–Trinajstić information content (AvgIpc) is 2.92. The van der Waals surface area contributed by atoms with E-state index in [9.17, 15) is 4.79 Å². The minimum absolute atomic E-state index is 0.00433. The van der Waals surface area contributed by atoms with Gasteiger partial charge in [-0.2, -0.15) is 0 Å². The highest BCUT2D eigenvalue weighted by atomic mass is 32.1. The van der Waals surface area contributed by atoms with E-state index in [0.717, 1.165) is 42.2 Å². The van der Waals surface area contributed by atoms with E-state index < -0.39 is 0 Å². The van der Waals surface area contributed by atoms with Crippen LogP contribution in [-0.4, -0.2) is 24.0 Å². The number of hydrogen-bond acceptors (Lipinski definition) is 4. The van der Waals surface area contributed by atoms with Gasteiger partial charge in [-0.1, -0.05) is 6.07 Å². The lowest BCUT2D eigenvalue weighted by Gasteiger charge is -2.17. The van der Waals surface area contributed by atoms with E-state index >= 15 is 0 Å². The summed E-state index contributed by atoms with van der Waals surface area (Å²) in [4.78, 5) is 16.6. The number of thiazole rings is 1. The molecule has 5 heteroatoms. The lowest BCUT2D eigenvalue weighted by molar-refractivity contribution is 0.0954. The van der Waals surface area contributed by atoms with Crippen LogP contribution in [0, 0.1) is 6.92 Å². The van der Waals surface area contributed by atoms with Crippen molar-refractivity contribution in [1.29, 1.82) is 0 Å². The van der Waals surface area contributed by atoms with Crippen molar-refractivity contribution in [2.75, 3.05) is 13.1 Å². The van der Waals surface area contributed by atoms with Crippen LogP contribution in [0.2, 0.25) is 0 Å². The van der Waals surface area contributed by atoms with Crippen LogP contribution < -0.4 is 10.6 Å². The Kier molecular flexibility index (Phi) is 4.31. The summed E-state index contributed by atoms with van der Waals surface area (Å²) in [6.07, 6.45) is 1.82. The molecule has 0 atom stereocenters. The van der Waals surface area contributed by atoms with Gasteiger partial charge in [0.1, 0.15) is 0 Å². The van der Waals surface area contributed by atoms with Crippen molar-refractivity contribution < 1.29 is 4.79 Å². The van der Waals surface area contributed by atoms with Crippen LogP contribution in [0.15, 0.2) is 23.6 Å². The van der Waals surface area contributed by atoms with Gasteiger partial charge >= 0.3 is 0 Å². The second-order valence-corrected chi connectivity index (χ2v) is 6.34. The Morgan fingerprint density at radius 1 is 1.43 bits per heavy atom. The highest BCUT2D eigenvalue weighted by Gasteiger charge is 2.12. The van der Waals surface area contributed by atoms with E-state index in [1.165, 1.54) is 11.1 Å². The number of carbonyl (C=O) groups excluding carboxylic acids is 1. The number of carbonyl (C=O) groups is 1. The third-order valence-electron chi connectivity index (χ3n) is 3.69. The predicted molar refractivity (Wildman–Crippen MR) is 84.7 cm³/mol. The predicted octanol–water partition coefficient (Wildman–Crippen LogP) is 2.07. The first-order chi connectivity index (χ1) is 10.2. The fourth-order valence-corrected chi connectivity index (χ4v) is 3.20. The first kappa shape index (κ1) is 14.2. The maximum atomic E-state index is 12.2. The molecular formula is C16H19N3OS. The van der Waals surface area contributed by atoms with Crippen molar-refractivity contribution in [3.63, 3.8) is 0 Å². The maximum absolute atomic E-state index is 12.2. The molecule has 0 fully saturated rings. The van der Waals surface area contributed by atoms with Crippen molar-refractivity contribution in [2.45, 2.75) is 26.3 Å². The van der Waals surface area contributed by atoms with Gasteiger partial charge in [-0.05, 0) is 43.1 Å². The molecule has 0 radical (unpaired) electrons. The lowest BCUT2D eigenvalue weighted by atomic mass is 9.98. The van der Waals surface area contributed by atoms with Gasteiger partial charge in [-0.25, -0.2) is 4.98 Å². The first-order valence-corrected chi connectivity index (χ1v) is 8.12. The first-order valence-electron chi connectivity index (χ1n) is 7.24. The summed E-state index contributed by atoms with van der Waals surface area (Å²) >= 11 is 1.64. The molecule has 2 heterocycles. The largest absolute Gasteiger partial charge is 0.352 e. The molecule has 110 valence electrons. The minimum Gasteiger partial charge on any atom is -0.352 e. The van der Waals surface area contributed by atoms with Gasteiger partial charge in [-0.15, -0.1) is 11.3 Å². The minimum atomic E-state index is -0.00433. The molecule has 2 aromatic rings. The van der Waals surface area contributed by atoms with Gasteiger partial charge in [-0.3, -0.25) is 4.79 Å². The van der Waals surface area contributed by atoms with Crippen LogP contribution in [0.5, 0.6) is 0 Å². The molecule has 1 aromatic heterocycles. The fraction of sp³-hybridized carbons (Fsp3) is 0.375. The van der Waals surface area contributed by atoms with Crippen LogP contribution in [0.4, 0.5) is 0 Å². The lowest BCUT2D eigenvalue weighted by Crippen LogP contribution is -2.27. The van der Waals surface area contributed by atoms with Crippen LogP contribution >= 0.6 is 11.3 Å².